The van der Waals surface area contributed by atoms with E-state index in [0.29, 0.717) is 6.54 Å². The lowest BCUT2D eigenvalue weighted by atomic mass is 9.95. The van der Waals surface area contributed by atoms with Gasteiger partial charge in [-0.05, 0) is 72.4 Å². The highest BCUT2D eigenvalue weighted by Crippen LogP contribution is 2.46. The Labute approximate surface area is 187 Å². The molecule has 1 saturated carbocycles. The van der Waals surface area contributed by atoms with Crippen molar-refractivity contribution in [2.75, 3.05) is 9.91 Å². The van der Waals surface area contributed by atoms with Crippen LogP contribution < -0.4 is 15.3 Å². The van der Waals surface area contributed by atoms with Gasteiger partial charge in [0.05, 0.1) is 17.4 Å². The third-order valence-corrected chi connectivity index (χ3v) is 7.00. The molecular formula is C27H26FN3O. The minimum Gasteiger partial charge on any atom is -0.305 e. The molecule has 1 unspecified atom stereocenters. The van der Waals surface area contributed by atoms with Gasteiger partial charge >= 0.3 is 0 Å². The van der Waals surface area contributed by atoms with Crippen LogP contribution in [0.3, 0.4) is 0 Å². The van der Waals surface area contributed by atoms with Crippen molar-refractivity contribution in [3.63, 3.8) is 0 Å². The molecule has 3 aromatic carbocycles. The van der Waals surface area contributed by atoms with E-state index < -0.39 is 0 Å². The fourth-order valence-corrected chi connectivity index (χ4v) is 5.20. The Bertz CT molecular complexity index is 1140. The Kier molecular flexibility index (Phi) is 4.72. The maximum atomic E-state index is 13.5. The summed E-state index contributed by atoms with van der Waals surface area (Å²) in [5.74, 6) is 0.847. The standard InChI is InChI=1S/C27H26FN3O/c28-22-8-10-23(11-9-22)31-25-13-12-24(15-21(25)17-29-31)30-26(19-4-2-1-3-5-19)16-20(27(30)32)14-18-6-7-18/h1-5,8-13,15,18,20,26,29H,6-7,14,16-17H2/t20-,26?/m0/s1. The van der Waals surface area contributed by atoms with Crippen LogP contribution in [0.4, 0.5) is 21.5 Å². The number of halogens is 1. The first kappa shape index (κ1) is 19.5. The molecule has 1 aliphatic carbocycles. The molecule has 5 heteroatoms. The molecule has 0 aromatic heterocycles. The molecular weight excluding hydrogens is 401 g/mol. The van der Waals surface area contributed by atoms with Gasteiger partial charge in [0.1, 0.15) is 5.82 Å². The van der Waals surface area contributed by atoms with Crippen LogP contribution in [0.5, 0.6) is 0 Å². The van der Waals surface area contributed by atoms with Gasteiger partial charge in [-0.1, -0.05) is 43.2 Å². The number of nitrogens with zero attached hydrogens (tertiary/aromatic N) is 2. The smallest absolute Gasteiger partial charge is 0.230 e. The van der Waals surface area contributed by atoms with Crippen molar-refractivity contribution < 1.29 is 9.18 Å². The van der Waals surface area contributed by atoms with E-state index in [1.165, 1.54) is 30.5 Å². The Morgan fingerprint density at radius 1 is 0.938 bits per heavy atom. The molecule has 32 heavy (non-hydrogen) atoms. The normalized spacial score (nSPS) is 22.5. The molecule has 4 nitrogen and oxygen atoms in total. The number of benzene rings is 3. The molecule has 3 aromatic rings. The Morgan fingerprint density at radius 3 is 2.44 bits per heavy atom. The second kappa shape index (κ2) is 7.75. The zero-order valence-electron chi connectivity index (χ0n) is 17.9. The van der Waals surface area contributed by atoms with Crippen LogP contribution in [0.2, 0.25) is 0 Å². The average Bonchev–Trinajstić information content (AvgIpc) is 3.45. The highest BCUT2D eigenvalue weighted by atomic mass is 19.1. The van der Waals surface area contributed by atoms with Crippen molar-refractivity contribution >= 4 is 23.0 Å². The first-order valence-corrected chi connectivity index (χ1v) is 11.5. The summed E-state index contributed by atoms with van der Waals surface area (Å²) in [4.78, 5) is 15.6. The zero-order chi connectivity index (χ0) is 21.7. The van der Waals surface area contributed by atoms with E-state index in [9.17, 15) is 9.18 Å². The van der Waals surface area contributed by atoms with Crippen LogP contribution in [-0.4, -0.2) is 5.91 Å². The highest BCUT2D eigenvalue weighted by molar-refractivity contribution is 5.98. The summed E-state index contributed by atoms with van der Waals surface area (Å²) in [6.45, 7) is 0.671. The lowest BCUT2D eigenvalue weighted by Gasteiger charge is -2.26. The van der Waals surface area contributed by atoms with Crippen LogP contribution in [0, 0.1) is 17.7 Å². The van der Waals surface area contributed by atoms with Gasteiger partial charge in [0.2, 0.25) is 5.91 Å². The highest BCUT2D eigenvalue weighted by Gasteiger charge is 2.43. The van der Waals surface area contributed by atoms with Crippen molar-refractivity contribution in [3.05, 3.63) is 89.7 Å². The average molecular weight is 428 g/mol. The predicted molar refractivity (Wildman–Crippen MR) is 124 cm³/mol. The number of hydrogen-bond acceptors (Lipinski definition) is 3. The largest absolute Gasteiger partial charge is 0.305 e. The van der Waals surface area contributed by atoms with E-state index >= 15 is 0 Å². The van der Waals surface area contributed by atoms with Gasteiger partial charge in [-0.3, -0.25) is 9.80 Å². The SMILES string of the molecule is O=C1[C@@H](CC2CC2)CC(c2ccccc2)N1c1ccc2c(c1)CNN2c1ccc(F)cc1. The van der Waals surface area contributed by atoms with Crippen molar-refractivity contribution in [1.82, 2.24) is 5.43 Å². The quantitative estimate of drug-likeness (QED) is 0.553. The lowest BCUT2D eigenvalue weighted by Crippen LogP contribution is -2.29. The van der Waals surface area contributed by atoms with E-state index in [-0.39, 0.29) is 23.7 Å². The minimum atomic E-state index is -0.247. The number of hydrazine groups is 1. The fourth-order valence-electron chi connectivity index (χ4n) is 5.20. The van der Waals surface area contributed by atoms with Gasteiger partial charge < -0.3 is 4.90 Å². The summed E-state index contributed by atoms with van der Waals surface area (Å²) in [7, 11) is 0. The molecule has 0 spiro atoms. The van der Waals surface area contributed by atoms with Crippen molar-refractivity contribution in [1.29, 1.82) is 0 Å². The van der Waals surface area contributed by atoms with Crippen molar-refractivity contribution in [2.24, 2.45) is 11.8 Å². The van der Waals surface area contributed by atoms with E-state index in [1.54, 1.807) is 12.1 Å². The third kappa shape index (κ3) is 3.47. The predicted octanol–water partition coefficient (Wildman–Crippen LogP) is 5.88. The molecule has 2 fully saturated rings. The Hall–Kier alpha value is -3.18. The minimum absolute atomic E-state index is 0.0769. The van der Waals surface area contributed by atoms with Gasteiger partial charge in [-0.2, -0.15) is 0 Å². The fraction of sp³-hybridized carbons (Fsp3) is 0.296. The van der Waals surface area contributed by atoms with Crippen LogP contribution in [-0.2, 0) is 11.3 Å². The summed E-state index contributed by atoms with van der Waals surface area (Å²) in [5.41, 5.74) is 8.61. The topological polar surface area (TPSA) is 35.6 Å². The summed E-state index contributed by atoms with van der Waals surface area (Å²) < 4.78 is 13.3. The van der Waals surface area contributed by atoms with Crippen molar-refractivity contribution in [3.8, 4) is 0 Å². The van der Waals surface area contributed by atoms with Crippen LogP contribution in [0.25, 0.3) is 0 Å². The number of rotatable bonds is 5. The molecule has 2 heterocycles. The first-order chi connectivity index (χ1) is 15.7. The number of fused-ring (bicyclic) bond motifs is 1. The van der Waals surface area contributed by atoms with E-state index in [1.807, 2.05) is 16.0 Å². The molecule has 0 bridgehead atoms. The Balaban J connectivity index is 1.33. The van der Waals surface area contributed by atoms with Crippen LogP contribution in [0.15, 0.2) is 72.8 Å². The van der Waals surface area contributed by atoms with Crippen molar-refractivity contribution in [2.45, 2.75) is 38.3 Å². The summed E-state index contributed by atoms with van der Waals surface area (Å²) >= 11 is 0. The maximum absolute atomic E-state index is 13.5. The molecule has 1 amide bonds. The lowest BCUT2D eigenvalue weighted by molar-refractivity contribution is -0.120. The second-order valence-corrected chi connectivity index (χ2v) is 9.21. The zero-order valence-corrected chi connectivity index (χ0v) is 17.9. The number of carbonyl (C=O) groups excluding carboxylic acids is 1. The third-order valence-electron chi connectivity index (χ3n) is 7.00. The number of anilines is 3. The van der Waals surface area contributed by atoms with Gasteiger partial charge in [0.25, 0.3) is 0 Å². The molecule has 3 aliphatic rings. The molecule has 0 radical (unpaired) electrons. The molecule has 1 N–H and O–H groups in total. The summed E-state index contributed by atoms with van der Waals surface area (Å²) in [6, 6.07) is 23.2. The maximum Gasteiger partial charge on any atom is 0.230 e. The monoisotopic (exact) mass is 427 g/mol. The number of amides is 1. The Morgan fingerprint density at radius 2 is 1.69 bits per heavy atom. The van der Waals surface area contributed by atoms with Gasteiger partial charge in [-0.15, -0.1) is 0 Å². The van der Waals surface area contributed by atoms with Crippen LogP contribution in [0.1, 0.15) is 42.9 Å². The van der Waals surface area contributed by atoms with E-state index in [4.69, 9.17) is 0 Å². The number of nitrogens with one attached hydrogen (secondary N) is 1. The van der Waals surface area contributed by atoms with Gasteiger partial charge in [0, 0.05) is 18.2 Å². The van der Waals surface area contributed by atoms with E-state index in [2.05, 4.69) is 47.9 Å². The van der Waals surface area contributed by atoms with Crippen LogP contribution >= 0.6 is 0 Å². The summed E-state index contributed by atoms with van der Waals surface area (Å²) in [6.07, 6.45) is 4.44. The first-order valence-electron chi connectivity index (χ1n) is 11.5. The molecule has 2 atom stereocenters. The number of hydrogen-bond donors (Lipinski definition) is 1. The van der Waals surface area contributed by atoms with E-state index in [0.717, 1.165) is 41.4 Å². The molecule has 6 rings (SSSR count). The molecule has 1 saturated heterocycles. The summed E-state index contributed by atoms with van der Waals surface area (Å²) in [5, 5.41) is 1.98. The molecule has 162 valence electrons. The second-order valence-electron chi connectivity index (χ2n) is 9.21. The number of carbonyl (C=O) groups is 1. The van der Waals surface area contributed by atoms with Gasteiger partial charge in [-0.25, -0.2) is 9.82 Å². The van der Waals surface area contributed by atoms with Gasteiger partial charge in [0.15, 0.2) is 0 Å². The molecule has 2 aliphatic heterocycles.